The number of hydrogen-bond acceptors (Lipinski definition) is 4. The van der Waals surface area contributed by atoms with E-state index in [2.05, 4.69) is 60.9 Å². The lowest BCUT2D eigenvalue weighted by atomic mass is 9.80. The quantitative estimate of drug-likeness (QED) is 0.0972. The van der Waals surface area contributed by atoms with Crippen LogP contribution in [-0.2, 0) is 9.62 Å². The second kappa shape index (κ2) is 17.9. The molecule has 207 valence electrons. The van der Waals surface area contributed by atoms with Gasteiger partial charge in [0, 0.05) is 0 Å². The third kappa shape index (κ3) is 21.4. The standard InChI is InChI=1S/C10H16O.C10H16.C4H10O2.C4H10O.CH4.BH3P/c1-7(2)8-4-5-10(3)9(6-8)11-10;1-8(2)10-6-4-9(3)5-7-10;1-4(2,3)6-5;1-4(2,3)5;;1-2/h8-9H,1,4-6H2,2-3H3;4,10H,1,5-7H2,2-3H3;5H,1-3H3;5H,1-3H3;1H4;1H,2H2/i;;;;;1T. The fourth-order valence-corrected chi connectivity index (χ4v) is 3.51. The minimum atomic E-state index is -0.500. The van der Waals surface area contributed by atoms with Crippen LogP contribution in [0.1, 0.15) is 115 Å². The van der Waals surface area contributed by atoms with E-state index in [0.29, 0.717) is 6.10 Å². The van der Waals surface area contributed by atoms with E-state index in [1.807, 2.05) is 0 Å². The van der Waals surface area contributed by atoms with E-state index in [9.17, 15) is 0 Å². The molecule has 3 aliphatic rings. The molecule has 1 saturated heterocycles. The molecule has 2 aliphatic carbocycles. The van der Waals surface area contributed by atoms with Gasteiger partial charge in [0.2, 0.25) is 0 Å². The molecule has 4 nitrogen and oxygen atoms in total. The highest BCUT2D eigenvalue weighted by atomic mass is 31.0. The lowest BCUT2D eigenvalue weighted by molar-refractivity contribution is -0.306. The number of rotatable bonds is 2. The highest BCUT2D eigenvalue weighted by Gasteiger charge is 2.55. The maximum absolute atomic E-state index is 8.52. The highest BCUT2D eigenvalue weighted by Crippen LogP contribution is 2.50. The van der Waals surface area contributed by atoms with Crippen molar-refractivity contribution < 1.29 is 20.0 Å². The molecule has 5 atom stereocenters. The zero-order valence-electron chi connectivity index (χ0n) is 24.8. The second-order valence-electron chi connectivity index (χ2n) is 12.0. The van der Waals surface area contributed by atoms with Gasteiger partial charge in [-0.05, 0) is 121 Å². The molecule has 0 amide bonds. The third-order valence-corrected chi connectivity index (χ3v) is 5.83. The zero-order chi connectivity index (χ0) is 28.0. The summed E-state index contributed by atoms with van der Waals surface area (Å²) in [5.41, 5.74) is 3.61. The van der Waals surface area contributed by atoms with Crippen LogP contribution in [0.15, 0.2) is 36.0 Å². The molecule has 2 fully saturated rings. The third-order valence-electron chi connectivity index (χ3n) is 5.83. The van der Waals surface area contributed by atoms with Gasteiger partial charge in [0.1, 0.15) is 7.53 Å². The minimum absolute atomic E-state index is 0. The van der Waals surface area contributed by atoms with Gasteiger partial charge in [-0.2, -0.15) is 9.12 Å². The highest BCUT2D eigenvalue weighted by molar-refractivity contribution is 7.49. The number of aliphatic hydroxyl groups is 1. The van der Waals surface area contributed by atoms with E-state index in [0.717, 1.165) is 11.8 Å². The summed E-state index contributed by atoms with van der Waals surface area (Å²) in [4.78, 5) is 3.94. The molecular weight excluding hydrogens is 454 g/mol. The van der Waals surface area contributed by atoms with Gasteiger partial charge in [0.05, 0.1) is 22.9 Å². The van der Waals surface area contributed by atoms with Crippen LogP contribution < -0.4 is 0 Å². The van der Waals surface area contributed by atoms with Crippen LogP contribution in [0, 0.1) is 11.8 Å². The Morgan fingerprint density at radius 2 is 1.60 bits per heavy atom. The van der Waals surface area contributed by atoms with Gasteiger partial charge in [0.25, 0.3) is 0 Å². The molecule has 3 rings (SSSR count). The van der Waals surface area contributed by atoms with E-state index in [1.54, 1.807) is 47.1 Å². The van der Waals surface area contributed by atoms with E-state index < -0.39 is 11.2 Å². The van der Waals surface area contributed by atoms with Gasteiger partial charge in [-0.15, -0.1) is 0 Å². The van der Waals surface area contributed by atoms with Gasteiger partial charge >= 0.3 is 0 Å². The van der Waals surface area contributed by atoms with Crippen LogP contribution >= 0.6 is 9.12 Å². The summed E-state index contributed by atoms with van der Waals surface area (Å²) in [6.07, 6.45) is 10.4. The summed E-state index contributed by atoms with van der Waals surface area (Å²) in [6.45, 7) is 27.2. The van der Waals surface area contributed by atoms with Gasteiger partial charge in [-0.1, -0.05) is 43.4 Å². The number of ether oxygens (including phenoxy) is 1. The molecule has 5 unspecified atom stereocenters. The molecule has 0 aromatic rings. The Hall–Kier alpha value is -0.445. The van der Waals surface area contributed by atoms with Gasteiger partial charge < -0.3 is 9.84 Å². The number of epoxide rings is 1. The average molecular weight is 516 g/mol. The number of allylic oxidation sites excluding steroid dienone is 4. The van der Waals surface area contributed by atoms with Crippen LogP contribution in [0.25, 0.3) is 0 Å². The molecule has 0 aromatic carbocycles. The first kappa shape index (κ1) is 36.7. The normalized spacial score (nSPS) is 26.7. The Labute approximate surface area is 223 Å². The van der Waals surface area contributed by atoms with E-state index in [-0.39, 0.29) is 13.0 Å². The fourth-order valence-electron chi connectivity index (χ4n) is 3.51. The first-order chi connectivity index (χ1) is 15.8. The minimum Gasteiger partial charge on any atom is -0.391 e. The zero-order valence-corrected chi connectivity index (χ0v) is 25.0. The summed E-state index contributed by atoms with van der Waals surface area (Å²) in [7, 11) is 3.29. The first-order valence-corrected chi connectivity index (χ1v) is 13.1. The van der Waals surface area contributed by atoms with E-state index >= 15 is 0 Å². The van der Waals surface area contributed by atoms with Crippen molar-refractivity contribution in [1.82, 2.24) is 0 Å². The Morgan fingerprint density at radius 3 is 1.89 bits per heavy atom. The van der Waals surface area contributed by atoms with Gasteiger partial charge in [-0.25, -0.2) is 4.89 Å². The maximum atomic E-state index is 8.52. The van der Waals surface area contributed by atoms with E-state index in [1.165, 1.54) is 57.2 Å². The Bertz CT molecular complexity index is 649. The Balaban J connectivity index is -0.000000403. The van der Waals surface area contributed by atoms with Crippen LogP contribution in [0.3, 0.4) is 0 Å². The number of fused-ring (bicyclic) bond motifs is 1. The van der Waals surface area contributed by atoms with Crippen molar-refractivity contribution in [2.24, 2.45) is 11.8 Å². The average Bonchev–Trinajstić information content (AvgIpc) is 3.38. The van der Waals surface area contributed by atoms with Crippen molar-refractivity contribution in [2.75, 3.05) is 0 Å². The fraction of sp³-hybridized carbons (Fsp3) is 0.793. The molecule has 6 heteroatoms. The number of hydrogen-bond donors (Lipinski definition) is 2. The molecule has 1 saturated carbocycles. The summed E-state index contributed by atoms with van der Waals surface area (Å²) < 4.78 is 11.7. The summed E-state index contributed by atoms with van der Waals surface area (Å²) in [6, 6.07) is 0. The molecule has 0 spiro atoms. The van der Waals surface area contributed by atoms with Crippen LogP contribution in [-0.4, -0.2) is 42.1 Å². The first-order valence-electron chi connectivity index (χ1n) is 13.0. The van der Waals surface area contributed by atoms with Crippen molar-refractivity contribution >= 4 is 16.6 Å². The Morgan fingerprint density at radius 1 is 1.17 bits per heavy atom. The SMILES string of the molecule is C.C=C(C)C1CC=C(C)CC1.C=C(C)C1CCC2(C)OC2C1.CC(C)(C)O.CC(C)(C)OO.[3H][B]P. The molecule has 1 radical (unpaired) electrons. The molecule has 1 aliphatic heterocycles. The van der Waals surface area contributed by atoms with Crippen LogP contribution in [0.2, 0.25) is 0 Å². The Kier molecular flexibility index (Phi) is 18.8. The summed E-state index contributed by atoms with van der Waals surface area (Å²) >= 11 is 0. The predicted molar refractivity (Wildman–Crippen MR) is 160 cm³/mol. The maximum Gasteiger partial charge on any atom is 0.116 e. The summed E-state index contributed by atoms with van der Waals surface area (Å²) in [5, 5.41) is 16.4. The second-order valence-corrected chi connectivity index (χ2v) is 12.0. The van der Waals surface area contributed by atoms with Crippen molar-refractivity contribution in [2.45, 2.75) is 138 Å². The van der Waals surface area contributed by atoms with Crippen molar-refractivity contribution in [3.8, 4) is 0 Å². The molecule has 2 N–H and O–H groups in total. The molecule has 1 heterocycles. The van der Waals surface area contributed by atoms with Gasteiger partial charge in [0.15, 0.2) is 0 Å². The lowest BCUT2D eigenvalue weighted by Gasteiger charge is -2.22. The van der Waals surface area contributed by atoms with E-state index in [4.69, 9.17) is 16.4 Å². The largest absolute Gasteiger partial charge is 0.391 e. The van der Waals surface area contributed by atoms with Crippen molar-refractivity contribution in [3.63, 3.8) is 0 Å². The smallest absolute Gasteiger partial charge is 0.116 e. The molecule has 0 bridgehead atoms. The monoisotopic (exact) mass is 515 g/mol. The van der Waals surface area contributed by atoms with Crippen LogP contribution in [0.4, 0.5) is 0 Å². The topological polar surface area (TPSA) is 62.2 Å². The van der Waals surface area contributed by atoms with Crippen molar-refractivity contribution in [1.29, 1.82) is 1.34 Å². The van der Waals surface area contributed by atoms with Gasteiger partial charge in [-0.3, -0.25) is 5.26 Å². The lowest BCUT2D eigenvalue weighted by Crippen LogP contribution is -2.21. The molecule has 0 aromatic heterocycles. The molecular formula is C29H59BO4P. The predicted octanol–water partition coefficient (Wildman–Crippen LogP) is 8.19. The van der Waals surface area contributed by atoms with Crippen molar-refractivity contribution in [3.05, 3.63) is 36.0 Å². The van der Waals surface area contributed by atoms with Crippen LogP contribution in [0.5, 0.6) is 0 Å². The molecule has 35 heavy (non-hydrogen) atoms. The summed E-state index contributed by atoms with van der Waals surface area (Å²) in [5.74, 6) is 1.50.